The summed E-state index contributed by atoms with van der Waals surface area (Å²) in [6.45, 7) is 0. The molecule has 2 aromatic rings. The van der Waals surface area contributed by atoms with Gasteiger partial charge in [-0.2, -0.15) is 0 Å². The van der Waals surface area contributed by atoms with Crippen molar-refractivity contribution in [3.8, 4) is 0 Å². The number of hydrogen-bond donors (Lipinski definition) is 1. The second-order valence-electron chi connectivity index (χ2n) is 7.70. The van der Waals surface area contributed by atoms with Crippen LogP contribution < -0.4 is 5.56 Å². The maximum atomic E-state index is 12.6. The lowest BCUT2D eigenvalue weighted by molar-refractivity contribution is -0.132. The van der Waals surface area contributed by atoms with E-state index >= 15 is 0 Å². The van der Waals surface area contributed by atoms with Gasteiger partial charge in [0.05, 0.1) is 5.39 Å². The van der Waals surface area contributed by atoms with E-state index < -0.39 is 0 Å². The maximum Gasteiger partial charge on any atom is 0.259 e. The number of amides is 1. The average Bonchev–Trinajstić information content (AvgIpc) is 3.05. The predicted octanol–water partition coefficient (Wildman–Crippen LogP) is 3.59. The largest absolute Gasteiger partial charge is 0.343 e. The van der Waals surface area contributed by atoms with Crippen molar-refractivity contribution in [3.05, 3.63) is 26.6 Å². The second kappa shape index (κ2) is 7.51. The van der Waals surface area contributed by atoms with Crippen molar-refractivity contribution in [1.29, 1.82) is 0 Å². The number of aryl methyl sites for hydroxylation is 3. The number of nitrogens with zero attached hydrogens (tertiary/aromatic N) is 2. The number of rotatable bonds is 4. The molecule has 2 aliphatic carbocycles. The lowest BCUT2D eigenvalue weighted by atomic mass is 9.94. The summed E-state index contributed by atoms with van der Waals surface area (Å²) in [5.74, 6) is 0.802. The first-order chi connectivity index (χ1) is 12.6. The van der Waals surface area contributed by atoms with Crippen molar-refractivity contribution in [3.63, 3.8) is 0 Å². The van der Waals surface area contributed by atoms with E-state index in [4.69, 9.17) is 0 Å². The summed E-state index contributed by atoms with van der Waals surface area (Å²) in [5.41, 5.74) is 1.18. The van der Waals surface area contributed by atoms with Gasteiger partial charge in [-0.15, -0.1) is 11.3 Å². The average molecular weight is 374 g/mol. The van der Waals surface area contributed by atoms with Crippen LogP contribution in [0.25, 0.3) is 10.2 Å². The highest BCUT2D eigenvalue weighted by atomic mass is 32.1. The van der Waals surface area contributed by atoms with E-state index in [1.807, 2.05) is 11.9 Å². The van der Waals surface area contributed by atoms with Gasteiger partial charge in [-0.25, -0.2) is 4.98 Å². The van der Waals surface area contributed by atoms with Gasteiger partial charge in [0.25, 0.3) is 5.56 Å². The Morgan fingerprint density at radius 2 is 1.96 bits per heavy atom. The number of aromatic amines is 1. The third-order valence-corrected chi connectivity index (χ3v) is 7.15. The third-order valence-electron chi connectivity index (χ3n) is 5.97. The molecule has 1 saturated carbocycles. The number of hydrogen-bond acceptors (Lipinski definition) is 4. The van der Waals surface area contributed by atoms with E-state index in [-0.39, 0.29) is 11.5 Å². The van der Waals surface area contributed by atoms with Gasteiger partial charge in [0.1, 0.15) is 10.7 Å². The fourth-order valence-corrected chi connectivity index (χ4v) is 5.68. The maximum absolute atomic E-state index is 12.6. The Labute approximate surface area is 157 Å². The second-order valence-corrected chi connectivity index (χ2v) is 8.78. The van der Waals surface area contributed by atoms with E-state index in [2.05, 4.69) is 9.97 Å². The minimum absolute atomic E-state index is 0.0301. The zero-order chi connectivity index (χ0) is 18.1. The molecule has 2 aliphatic rings. The lowest BCUT2D eigenvalue weighted by Crippen LogP contribution is -2.38. The summed E-state index contributed by atoms with van der Waals surface area (Å²) < 4.78 is 0. The summed E-state index contributed by atoms with van der Waals surface area (Å²) in [7, 11) is 1.92. The molecule has 1 amide bonds. The van der Waals surface area contributed by atoms with Crippen LogP contribution in [0.4, 0.5) is 0 Å². The quantitative estimate of drug-likeness (QED) is 0.891. The Morgan fingerprint density at radius 1 is 1.19 bits per heavy atom. The van der Waals surface area contributed by atoms with Crippen molar-refractivity contribution in [1.82, 2.24) is 14.9 Å². The summed E-state index contributed by atoms with van der Waals surface area (Å²) in [4.78, 5) is 36.8. The number of thiophene rings is 1. The number of carbonyl (C=O) groups excluding carboxylic acids is 1. The van der Waals surface area contributed by atoms with E-state index in [0.717, 1.165) is 42.3 Å². The Hall–Kier alpha value is -1.69. The molecule has 2 heterocycles. The van der Waals surface area contributed by atoms with Crippen LogP contribution in [-0.2, 0) is 24.1 Å². The van der Waals surface area contributed by atoms with Crippen LogP contribution in [0.2, 0.25) is 0 Å². The van der Waals surface area contributed by atoms with Crippen molar-refractivity contribution >= 4 is 27.5 Å². The molecule has 4 rings (SSSR count). The molecule has 1 N–H and O–H groups in total. The molecule has 5 nitrogen and oxygen atoms in total. The van der Waals surface area contributed by atoms with Crippen LogP contribution in [0.1, 0.15) is 67.6 Å². The summed E-state index contributed by atoms with van der Waals surface area (Å²) in [5, 5.41) is 0.791. The zero-order valence-corrected chi connectivity index (χ0v) is 16.3. The number of carbonyl (C=O) groups is 1. The highest BCUT2D eigenvalue weighted by Gasteiger charge is 2.23. The Kier molecular flexibility index (Phi) is 5.11. The topological polar surface area (TPSA) is 66.1 Å². The fourth-order valence-electron chi connectivity index (χ4n) is 4.40. The van der Waals surface area contributed by atoms with Gasteiger partial charge in [0, 0.05) is 30.8 Å². The normalized spacial score (nSPS) is 18.0. The zero-order valence-electron chi connectivity index (χ0n) is 15.5. The van der Waals surface area contributed by atoms with E-state index in [1.165, 1.54) is 36.1 Å². The number of aromatic nitrogens is 2. The minimum Gasteiger partial charge on any atom is -0.343 e. The molecule has 1 fully saturated rings. The van der Waals surface area contributed by atoms with Gasteiger partial charge in [0.2, 0.25) is 5.91 Å². The molecule has 0 radical (unpaired) electrons. The first kappa shape index (κ1) is 17.7. The Balaban J connectivity index is 1.47. The van der Waals surface area contributed by atoms with Crippen LogP contribution in [0.3, 0.4) is 0 Å². The molecule has 0 aromatic carbocycles. The molecule has 26 heavy (non-hydrogen) atoms. The molecule has 0 bridgehead atoms. The van der Waals surface area contributed by atoms with Gasteiger partial charge in [-0.3, -0.25) is 9.59 Å². The van der Waals surface area contributed by atoms with Gasteiger partial charge in [-0.05, 0) is 44.1 Å². The van der Waals surface area contributed by atoms with Crippen LogP contribution >= 0.6 is 11.3 Å². The highest BCUT2D eigenvalue weighted by molar-refractivity contribution is 7.18. The standard InChI is InChI=1S/C20H27N3O2S/c1-23(13-7-3-2-4-8-13)17(24)12-11-16-21-19(25)18-14-9-5-6-10-15(14)26-20(18)22-16/h13H,2-12H2,1H3,(H,21,22,25). The van der Waals surface area contributed by atoms with Gasteiger partial charge >= 0.3 is 0 Å². The van der Waals surface area contributed by atoms with Crippen LogP contribution in [0.15, 0.2) is 4.79 Å². The Bertz CT molecular complexity index is 864. The van der Waals surface area contributed by atoms with Crippen LogP contribution in [-0.4, -0.2) is 33.9 Å². The van der Waals surface area contributed by atoms with Crippen LogP contribution in [0, 0.1) is 0 Å². The Morgan fingerprint density at radius 3 is 2.77 bits per heavy atom. The predicted molar refractivity (Wildman–Crippen MR) is 105 cm³/mol. The molecule has 140 valence electrons. The van der Waals surface area contributed by atoms with Crippen molar-refractivity contribution in [2.24, 2.45) is 0 Å². The molecule has 0 unspecified atom stereocenters. The SMILES string of the molecule is CN(C(=O)CCc1nc2sc3c(c2c(=O)[nH]1)CCCC3)C1CCCCC1. The molecule has 6 heteroatoms. The highest BCUT2D eigenvalue weighted by Crippen LogP contribution is 2.33. The molecule has 0 spiro atoms. The lowest BCUT2D eigenvalue weighted by Gasteiger charge is -2.31. The molecular weight excluding hydrogens is 346 g/mol. The third kappa shape index (κ3) is 3.43. The monoisotopic (exact) mass is 373 g/mol. The summed E-state index contributed by atoms with van der Waals surface area (Å²) in [6.07, 6.45) is 11.3. The molecule has 0 saturated heterocycles. The molecule has 0 atom stereocenters. The van der Waals surface area contributed by atoms with E-state index in [9.17, 15) is 9.59 Å². The fraction of sp³-hybridized carbons (Fsp3) is 0.650. The molecule has 2 aromatic heterocycles. The first-order valence-corrected chi connectivity index (χ1v) is 10.7. The van der Waals surface area contributed by atoms with Gasteiger partial charge < -0.3 is 9.88 Å². The van der Waals surface area contributed by atoms with Gasteiger partial charge in [0.15, 0.2) is 0 Å². The van der Waals surface area contributed by atoms with Crippen LogP contribution in [0.5, 0.6) is 0 Å². The summed E-state index contributed by atoms with van der Waals surface area (Å²) in [6, 6.07) is 0.384. The molecule has 0 aliphatic heterocycles. The van der Waals surface area contributed by atoms with Crippen molar-refractivity contribution in [2.45, 2.75) is 76.7 Å². The smallest absolute Gasteiger partial charge is 0.259 e. The number of nitrogens with one attached hydrogen (secondary N) is 1. The molecular formula is C20H27N3O2S. The first-order valence-electron chi connectivity index (χ1n) is 9.92. The summed E-state index contributed by atoms with van der Waals surface area (Å²) >= 11 is 1.66. The van der Waals surface area contributed by atoms with E-state index in [1.54, 1.807) is 11.3 Å². The van der Waals surface area contributed by atoms with Crippen molar-refractivity contribution < 1.29 is 4.79 Å². The van der Waals surface area contributed by atoms with E-state index in [0.29, 0.717) is 24.7 Å². The minimum atomic E-state index is -0.0301. The van der Waals surface area contributed by atoms with Crippen molar-refractivity contribution in [2.75, 3.05) is 7.05 Å². The number of H-pyrrole nitrogens is 1. The van der Waals surface area contributed by atoms with Gasteiger partial charge in [-0.1, -0.05) is 19.3 Å². The number of fused-ring (bicyclic) bond motifs is 3.